The SMILES string of the molecule is COC(=O)c1ccc(NC(=O)CNCC2CC2)c(OC(F)F)c1. The highest BCUT2D eigenvalue weighted by Gasteiger charge is 2.21. The maximum absolute atomic E-state index is 12.5. The molecule has 1 saturated carbocycles. The normalized spacial score (nSPS) is 13.7. The molecule has 1 fully saturated rings. The van der Waals surface area contributed by atoms with Gasteiger partial charge in [0.2, 0.25) is 5.91 Å². The lowest BCUT2D eigenvalue weighted by Gasteiger charge is -2.13. The highest BCUT2D eigenvalue weighted by molar-refractivity contribution is 5.95. The second kappa shape index (κ2) is 7.87. The smallest absolute Gasteiger partial charge is 0.387 e. The van der Waals surface area contributed by atoms with Crippen molar-refractivity contribution >= 4 is 17.6 Å². The number of ether oxygens (including phenoxy) is 2. The van der Waals surface area contributed by atoms with Gasteiger partial charge in [-0.05, 0) is 43.5 Å². The van der Waals surface area contributed by atoms with Crippen LogP contribution in [-0.4, -0.2) is 38.7 Å². The van der Waals surface area contributed by atoms with Crippen molar-refractivity contribution in [3.8, 4) is 5.75 Å². The third-order valence-corrected chi connectivity index (χ3v) is 3.31. The number of benzene rings is 1. The Hall–Kier alpha value is -2.22. The van der Waals surface area contributed by atoms with E-state index in [-0.39, 0.29) is 29.5 Å². The van der Waals surface area contributed by atoms with Crippen LogP contribution in [0.1, 0.15) is 23.2 Å². The van der Waals surface area contributed by atoms with Crippen LogP contribution in [0.4, 0.5) is 14.5 Å². The molecule has 0 heterocycles. The Morgan fingerprint density at radius 2 is 2.09 bits per heavy atom. The van der Waals surface area contributed by atoms with Crippen LogP contribution < -0.4 is 15.4 Å². The Morgan fingerprint density at radius 1 is 1.35 bits per heavy atom. The summed E-state index contributed by atoms with van der Waals surface area (Å²) in [6, 6.07) is 3.78. The van der Waals surface area contributed by atoms with E-state index < -0.39 is 12.6 Å². The van der Waals surface area contributed by atoms with Crippen LogP contribution in [0.3, 0.4) is 0 Å². The Labute approximate surface area is 132 Å². The van der Waals surface area contributed by atoms with Gasteiger partial charge in [0.15, 0.2) is 0 Å². The van der Waals surface area contributed by atoms with E-state index in [2.05, 4.69) is 20.1 Å². The van der Waals surface area contributed by atoms with E-state index >= 15 is 0 Å². The van der Waals surface area contributed by atoms with Crippen molar-refractivity contribution in [3.05, 3.63) is 23.8 Å². The maximum Gasteiger partial charge on any atom is 0.387 e. The van der Waals surface area contributed by atoms with Crippen LogP contribution in [-0.2, 0) is 9.53 Å². The molecule has 2 rings (SSSR count). The van der Waals surface area contributed by atoms with Gasteiger partial charge in [-0.2, -0.15) is 8.78 Å². The first kappa shape index (κ1) is 17.1. The fourth-order valence-corrected chi connectivity index (χ4v) is 1.97. The molecule has 1 aliphatic carbocycles. The van der Waals surface area contributed by atoms with Crippen LogP contribution in [0, 0.1) is 5.92 Å². The quantitative estimate of drug-likeness (QED) is 0.714. The number of carbonyl (C=O) groups is 2. The third kappa shape index (κ3) is 5.48. The van der Waals surface area contributed by atoms with Gasteiger partial charge < -0.3 is 20.1 Å². The Kier molecular flexibility index (Phi) is 5.86. The number of methoxy groups -OCH3 is 1. The van der Waals surface area contributed by atoms with Gasteiger partial charge in [0.05, 0.1) is 24.9 Å². The molecule has 0 spiro atoms. The third-order valence-electron chi connectivity index (χ3n) is 3.31. The van der Waals surface area contributed by atoms with Gasteiger partial charge in [-0.1, -0.05) is 0 Å². The molecule has 0 bridgehead atoms. The van der Waals surface area contributed by atoms with E-state index in [1.807, 2.05) is 0 Å². The Balaban J connectivity index is 2.02. The number of esters is 1. The summed E-state index contributed by atoms with van der Waals surface area (Å²) in [4.78, 5) is 23.3. The zero-order valence-corrected chi connectivity index (χ0v) is 12.6. The number of anilines is 1. The number of halogens is 2. The predicted octanol–water partition coefficient (Wildman–Crippen LogP) is 2.01. The zero-order chi connectivity index (χ0) is 16.8. The van der Waals surface area contributed by atoms with Crippen molar-refractivity contribution in [2.75, 3.05) is 25.5 Å². The molecule has 1 aromatic rings. The average Bonchev–Trinajstić information content (AvgIpc) is 3.32. The zero-order valence-electron chi connectivity index (χ0n) is 12.6. The number of nitrogens with one attached hydrogen (secondary N) is 2. The van der Waals surface area contributed by atoms with Gasteiger partial charge in [0, 0.05) is 0 Å². The summed E-state index contributed by atoms with van der Waals surface area (Å²) in [7, 11) is 1.18. The Morgan fingerprint density at radius 3 is 2.70 bits per heavy atom. The van der Waals surface area contributed by atoms with Gasteiger partial charge in [-0.25, -0.2) is 4.79 Å². The largest absolute Gasteiger partial charge is 0.465 e. The molecule has 0 unspecified atom stereocenters. The van der Waals surface area contributed by atoms with Crippen LogP contribution >= 0.6 is 0 Å². The van der Waals surface area contributed by atoms with Crippen molar-refractivity contribution < 1.29 is 27.8 Å². The molecule has 23 heavy (non-hydrogen) atoms. The molecule has 0 aromatic heterocycles. The van der Waals surface area contributed by atoms with Crippen LogP contribution in [0.2, 0.25) is 0 Å². The first-order chi connectivity index (χ1) is 11.0. The topological polar surface area (TPSA) is 76.7 Å². The van der Waals surface area contributed by atoms with Crippen molar-refractivity contribution in [2.24, 2.45) is 5.92 Å². The highest BCUT2D eigenvalue weighted by Crippen LogP contribution is 2.28. The highest BCUT2D eigenvalue weighted by atomic mass is 19.3. The minimum Gasteiger partial charge on any atom is -0.465 e. The number of amides is 1. The van der Waals surface area contributed by atoms with Gasteiger partial charge >= 0.3 is 12.6 Å². The van der Waals surface area contributed by atoms with Crippen molar-refractivity contribution in [1.29, 1.82) is 0 Å². The van der Waals surface area contributed by atoms with Crippen LogP contribution in [0.15, 0.2) is 18.2 Å². The van der Waals surface area contributed by atoms with Crippen molar-refractivity contribution in [1.82, 2.24) is 5.32 Å². The molecule has 0 radical (unpaired) electrons. The fraction of sp³-hybridized carbons (Fsp3) is 0.467. The summed E-state index contributed by atoms with van der Waals surface area (Å²) in [6.07, 6.45) is 2.33. The van der Waals surface area contributed by atoms with E-state index in [4.69, 9.17) is 0 Å². The van der Waals surface area contributed by atoms with Crippen LogP contribution in [0.25, 0.3) is 0 Å². The average molecular weight is 328 g/mol. The summed E-state index contributed by atoms with van der Waals surface area (Å²) in [6.45, 7) is -2.25. The molecule has 0 atom stereocenters. The molecule has 126 valence electrons. The second-order valence-electron chi connectivity index (χ2n) is 5.20. The summed E-state index contributed by atoms with van der Waals surface area (Å²) in [5.41, 5.74) is 0.115. The van der Waals surface area contributed by atoms with Crippen molar-refractivity contribution in [2.45, 2.75) is 19.5 Å². The molecule has 8 heteroatoms. The second-order valence-corrected chi connectivity index (χ2v) is 5.20. The molecular formula is C15H18F2N2O4. The molecule has 2 N–H and O–H groups in total. The number of carbonyl (C=O) groups excluding carboxylic acids is 2. The lowest BCUT2D eigenvalue weighted by molar-refractivity contribution is -0.115. The van der Waals surface area contributed by atoms with Gasteiger partial charge in [0.25, 0.3) is 0 Å². The molecule has 1 aliphatic rings. The standard InChI is InChI=1S/C15H18F2N2O4/c1-22-14(21)10-4-5-11(12(6-10)23-15(16)17)19-13(20)8-18-7-9-2-3-9/h4-6,9,15,18H,2-3,7-8H2,1H3,(H,19,20). The number of alkyl halides is 2. The minimum absolute atomic E-state index is 0.0491. The predicted molar refractivity (Wildman–Crippen MR) is 78.6 cm³/mol. The molecule has 0 aliphatic heterocycles. The molecule has 6 nitrogen and oxygen atoms in total. The molecular weight excluding hydrogens is 310 g/mol. The number of hydrogen-bond acceptors (Lipinski definition) is 5. The lowest BCUT2D eigenvalue weighted by Crippen LogP contribution is -2.29. The van der Waals surface area contributed by atoms with E-state index in [1.165, 1.54) is 19.2 Å². The molecule has 0 saturated heterocycles. The first-order valence-corrected chi connectivity index (χ1v) is 7.17. The van der Waals surface area contributed by atoms with E-state index in [1.54, 1.807) is 0 Å². The summed E-state index contributed by atoms with van der Waals surface area (Å²) >= 11 is 0. The summed E-state index contributed by atoms with van der Waals surface area (Å²) in [5, 5.41) is 5.47. The van der Waals surface area contributed by atoms with Gasteiger partial charge in [-0.15, -0.1) is 0 Å². The van der Waals surface area contributed by atoms with Gasteiger partial charge in [0.1, 0.15) is 5.75 Å². The van der Waals surface area contributed by atoms with E-state index in [0.29, 0.717) is 5.92 Å². The summed E-state index contributed by atoms with van der Waals surface area (Å²) < 4.78 is 33.9. The first-order valence-electron chi connectivity index (χ1n) is 7.17. The van der Waals surface area contributed by atoms with Crippen molar-refractivity contribution in [3.63, 3.8) is 0 Å². The maximum atomic E-state index is 12.5. The minimum atomic E-state index is -3.08. The fourth-order valence-electron chi connectivity index (χ4n) is 1.97. The van der Waals surface area contributed by atoms with Gasteiger partial charge in [-0.3, -0.25) is 4.79 Å². The molecule has 1 aromatic carbocycles. The lowest BCUT2D eigenvalue weighted by atomic mass is 10.2. The monoisotopic (exact) mass is 328 g/mol. The van der Waals surface area contributed by atoms with E-state index in [0.717, 1.165) is 25.5 Å². The van der Waals surface area contributed by atoms with Crippen LogP contribution in [0.5, 0.6) is 5.75 Å². The number of rotatable bonds is 8. The molecule has 1 amide bonds. The van der Waals surface area contributed by atoms with E-state index in [9.17, 15) is 18.4 Å². The summed E-state index contributed by atoms with van der Waals surface area (Å²) in [5.74, 6) is -0.734. The Bertz CT molecular complexity index is 577. The number of hydrogen-bond donors (Lipinski definition) is 2.